The Morgan fingerprint density at radius 2 is 2.38 bits per heavy atom. The summed E-state index contributed by atoms with van der Waals surface area (Å²) in [6, 6.07) is 3.03. The molecule has 0 bridgehead atoms. The van der Waals surface area contributed by atoms with E-state index in [0.29, 0.717) is 19.0 Å². The van der Waals surface area contributed by atoms with E-state index >= 15 is 0 Å². The normalized spacial score (nSPS) is 10.2. The molecule has 1 aromatic heterocycles. The average molecular weight is 184 g/mol. The lowest BCUT2D eigenvalue weighted by Crippen LogP contribution is -1.94. The summed E-state index contributed by atoms with van der Waals surface area (Å²) in [5.41, 5.74) is 0. The van der Waals surface area contributed by atoms with Gasteiger partial charge in [0.1, 0.15) is 12.4 Å². The van der Waals surface area contributed by atoms with Crippen molar-refractivity contribution in [1.29, 1.82) is 0 Å². The van der Waals surface area contributed by atoms with E-state index in [2.05, 4.69) is 0 Å². The first-order valence-electron chi connectivity index (χ1n) is 4.13. The van der Waals surface area contributed by atoms with Crippen LogP contribution in [0.25, 0.3) is 0 Å². The highest BCUT2D eigenvalue weighted by atomic mass is 16.5. The van der Waals surface area contributed by atoms with Gasteiger partial charge in [-0.05, 0) is 18.6 Å². The van der Waals surface area contributed by atoms with Crippen LogP contribution in [-0.4, -0.2) is 17.7 Å². The summed E-state index contributed by atoms with van der Waals surface area (Å²) in [5.74, 6) is -0.553. The first-order chi connectivity index (χ1) is 6.24. The molecule has 0 aliphatic carbocycles. The lowest BCUT2D eigenvalue weighted by Gasteiger charge is -1.97. The van der Waals surface area contributed by atoms with Gasteiger partial charge in [0.25, 0.3) is 0 Å². The Kier molecular flexibility index (Phi) is 3.52. The van der Waals surface area contributed by atoms with Gasteiger partial charge in [-0.15, -0.1) is 0 Å². The summed E-state index contributed by atoms with van der Waals surface area (Å²) in [4.78, 5) is 10.4. The van der Waals surface area contributed by atoms with Crippen molar-refractivity contribution in [2.45, 2.75) is 20.0 Å². The fourth-order valence-electron chi connectivity index (χ4n) is 0.888. The van der Waals surface area contributed by atoms with E-state index in [4.69, 9.17) is 14.3 Å². The van der Waals surface area contributed by atoms with E-state index in [1.165, 1.54) is 6.07 Å². The molecule has 4 heteroatoms. The molecule has 0 fully saturated rings. The van der Waals surface area contributed by atoms with Crippen LogP contribution in [0.5, 0.6) is 0 Å². The first-order valence-corrected chi connectivity index (χ1v) is 4.13. The lowest BCUT2D eigenvalue weighted by atomic mass is 10.4. The molecule has 0 atom stereocenters. The van der Waals surface area contributed by atoms with Crippen molar-refractivity contribution in [3.05, 3.63) is 23.7 Å². The summed E-state index contributed by atoms with van der Waals surface area (Å²) in [6.45, 7) is 3.00. The Morgan fingerprint density at radius 3 is 2.92 bits per heavy atom. The van der Waals surface area contributed by atoms with Gasteiger partial charge >= 0.3 is 5.97 Å². The zero-order valence-corrected chi connectivity index (χ0v) is 7.45. The zero-order valence-electron chi connectivity index (χ0n) is 7.45. The highest BCUT2D eigenvalue weighted by molar-refractivity contribution is 5.84. The molecule has 1 N–H and O–H groups in total. The minimum Gasteiger partial charge on any atom is -0.475 e. The van der Waals surface area contributed by atoms with E-state index in [1.807, 2.05) is 6.92 Å². The van der Waals surface area contributed by atoms with Crippen molar-refractivity contribution in [2.24, 2.45) is 0 Å². The fourth-order valence-corrected chi connectivity index (χ4v) is 0.888. The number of hydrogen-bond donors (Lipinski definition) is 1. The second-order valence-corrected chi connectivity index (χ2v) is 2.62. The molecule has 0 radical (unpaired) electrons. The molecule has 0 aliphatic rings. The fraction of sp³-hybridized carbons (Fsp3) is 0.444. The molecule has 0 amide bonds. The van der Waals surface area contributed by atoms with Crippen molar-refractivity contribution in [3.63, 3.8) is 0 Å². The number of ether oxygens (including phenoxy) is 1. The monoisotopic (exact) mass is 184 g/mol. The van der Waals surface area contributed by atoms with Gasteiger partial charge in [-0.2, -0.15) is 0 Å². The van der Waals surface area contributed by atoms with Crippen LogP contribution in [0.2, 0.25) is 0 Å². The molecule has 0 aromatic carbocycles. The summed E-state index contributed by atoms with van der Waals surface area (Å²) in [7, 11) is 0. The van der Waals surface area contributed by atoms with Crippen LogP contribution < -0.4 is 0 Å². The number of carboxylic acid groups (broad SMARTS) is 1. The Labute approximate surface area is 76.1 Å². The van der Waals surface area contributed by atoms with Gasteiger partial charge in [-0.1, -0.05) is 6.92 Å². The summed E-state index contributed by atoms with van der Waals surface area (Å²) in [5, 5.41) is 8.54. The lowest BCUT2D eigenvalue weighted by molar-refractivity contribution is 0.0647. The highest BCUT2D eigenvalue weighted by Crippen LogP contribution is 2.08. The molecule has 1 aromatic rings. The van der Waals surface area contributed by atoms with E-state index in [-0.39, 0.29) is 5.76 Å². The maximum Gasteiger partial charge on any atom is 0.371 e. The Morgan fingerprint density at radius 1 is 1.62 bits per heavy atom. The number of furan rings is 1. The second kappa shape index (κ2) is 4.67. The van der Waals surface area contributed by atoms with Crippen LogP contribution >= 0.6 is 0 Å². The smallest absolute Gasteiger partial charge is 0.371 e. The first kappa shape index (κ1) is 9.80. The van der Waals surface area contributed by atoms with Crippen LogP contribution in [0.3, 0.4) is 0 Å². The molecular formula is C9H12O4. The molecule has 72 valence electrons. The van der Waals surface area contributed by atoms with Crippen LogP contribution in [0.1, 0.15) is 29.7 Å². The summed E-state index contributed by atoms with van der Waals surface area (Å²) < 4.78 is 10.1. The molecule has 0 spiro atoms. The second-order valence-electron chi connectivity index (χ2n) is 2.62. The maximum absolute atomic E-state index is 10.4. The van der Waals surface area contributed by atoms with Crippen molar-refractivity contribution in [2.75, 3.05) is 6.61 Å². The van der Waals surface area contributed by atoms with E-state index in [1.54, 1.807) is 6.07 Å². The third-order valence-electron chi connectivity index (χ3n) is 1.47. The van der Waals surface area contributed by atoms with Crippen LogP contribution in [0, 0.1) is 0 Å². The third kappa shape index (κ3) is 2.91. The standard InChI is InChI=1S/C9H12O4/c1-2-5-12-6-7-3-4-8(13-7)9(10)11/h3-4H,2,5-6H2,1H3,(H,10,11). The molecular weight excluding hydrogens is 172 g/mol. The largest absolute Gasteiger partial charge is 0.475 e. The molecule has 1 rings (SSSR count). The molecule has 0 saturated carbocycles. The molecule has 1 heterocycles. The molecule has 0 saturated heterocycles. The van der Waals surface area contributed by atoms with Crippen LogP contribution in [-0.2, 0) is 11.3 Å². The number of rotatable bonds is 5. The topological polar surface area (TPSA) is 59.7 Å². The van der Waals surface area contributed by atoms with Crippen LogP contribution in [0.4, 0.5) is 0 Å². The average Bonchev–Trinajstić information content (AvgIpc) is 2.53. The zero-order chi connectivity index (χ0) is 9.68. The quantitative estimate of drug-likeness (QED) is 0.710. The maximum atomic E-state index is 10.4. The van der Waals surface area contributed by atoms with Gasteiger partial charge in [-0.3, -0.25) is 0 Å². The molecule has 0 aliphatic heterocycles. The van der Waals surface area contributed by atoms with Gasteiger partial charge in [0.2, 0.25) is 5.76 Å². The van der Waals surface area contributed by atoms with Gasteiger partial charge in [0.15, 0.2) is 0 Å². The van der Waals surface area contributed by atoms with Gasteiger partial charge in [-0.25, -0.2) is 4.79 Å². The molecule has 0 unspecified atom stereocenters. The van der Waals surface area contributed by atoms with Gasteiger partial charge in [0, 0.05) is 6.61 Å². The third-order valence-corrected chi connectivity index (χ3v) is 1.47. The van der Waals surface area contributed by atoms with E-state index < -0.39 is 5.97 Å². The number of hydrogen-bond acceptors (Lipinski definition) is 3. The van der Waals surface area contributed by atoms with E-state index in [0.717, 1.165) is 6.42 Å². The number of carbonyl (C=O) groups is 1. The van der Waals surface area contributed by atoms with Crippen molar-refractivity contribution < 1.29 is 19.1 Å². The summed E-state index contributed by atoms with van der Waals surface area (Å²) >= 11 is 0. The van der Waals surface area contributed by atoms with Crippen molar-refractivity contribution in [1.82, 2.24) is 0 Å². The highest BCUT2D eigenvalue weighted by Gasteiger charge is 2.08. The van der Waals surface area contributed by atoms with Gasteiger partial charge < -0.3 is 14.3 Å². The molecule has 13 heavy (non-hydrogen) atoms. The number of carboxylic acids is 1. The minimum atomic E-state index is -1.05. The Hall–Kier alpha value is -1.29. The Bertz CT molecular complexity index is 277. The predicted octanol–water partition coefficient (Wildman–Crippen LogP) is 1.90. The van der Waals surface area contributed by atoms with Gasteiger partial charge in [0.05, 0.1) is 0 Å². The van der Waals surface area contributed by atoms with Crippen LogP contribution in [0.15, 0.2) is 16.5 Å². The van der Waals surface area contributed by atoms with Crippen molar-refractivity contribution >= 4 is 5.97 Å². The molecule has 4 nitrogen and oxygen atoms in total. The SMILES string of the molecule is CCCOCc1ccc(C(=O)O)o1. The minimum absolute atomic E-state index is 0.0462. The Balaban J connectivity index is 2.44. The summed E-state index contributed by atoms with van der Waals surface area (Å²) in [6.07, 6.45) is 0.937. The number of aromatic carboxylic acids is 1. The van der Waals surface area contributed by atoms with Crippen molar-refractivity contribution in [3.8, 4) is 0 Å². The van der Waals surface area contributed by atoms with E-state index in [9.17, 15) is 4.79 Å². The predicted molar refractivity (Wildman–Crippen MR) is 45.6 cm³/mol.